The number of nitro benzene ring substituents is 1. The van der Waals surface area contributed by atoms with Crippen molar-refractivity contribution in [3.8, 4) is 11.5 Å². The average Bonchev–Trinajstić information content (AvgIpc) is 3.50. The minimum atomic E-state index is -4.55. The molecule has 9 rings (SSSR count). The van der Waals surface area contributed by atoms with Gasteiger partial charge in [-0.25, -0.2) is 18.1 Å². The molecule has 4 N–H and O–H groups in total. The number of H-pyrrole nitrogens is 1. The molecule has 15 heteroatoms. The first kappa shape index (κ1) is 41.4. The number of benzene rings is 2. The lowest BCUT2D eigenvalue weighted by atomic mass is 9.63. The molecule has 14 nitrogen and oxygen atoms in total. The number of nitrogens with one attached hydrogen (secondary N) is 3. The molecule has 2 unspecified atom stereocenters. The molecule has 1 saturated heterocycles. The number of piperazine rings is 1. The molecule has 2 aromatic carbocycles. The van der Waals surface area contributed by atoms with Crippen LogP contribution in [0.5, 0.6) is 11.5 Å². The Morgan fingerprint density at radius 2 is 1.82 bits per heavy atom. The van der Waals surface area contributed by atoms with Gasteiger partial charge in [-0.1, -0.05) is 31.9 Å². The number of hydrogen-bond acceptors (Lipinski definition) is 11. The zero-order valence-electron chi connectivity index (χ0n) is 35.3. The van der Waals surface area contributed by atoms with Crippen LogP contribution in [-0.2, 0) is 10.0 Å². The van der Waals surface area contributed by atoms with Crippen molar-refractivity contribution in [1.29, 1.82) is 0 Å². The Morgan fingerprint density at radius 1 is 1.03 bits per heavy atom. The van der Waals surface area contributed by atoms with Crippen LogP contribution >= 0.6 is 0 Å². The van der Waals surface area contributed by atoms with Gasteiger partial charge in [-0.15, -0.1) is 0 Å². The van der Waals surface area contributed by atoms with Gasteiger partial charge in [0.25, 0.3) is 21.6 Å². The lowest BCUT2D eigenvalue weighted by Crippen LogP contribution is -2.47. The summed E-state index contributed by atoms with van der Waals surface area (Å²) in [7, 11) is -4.55. The van der Waals surface area contributed by atoms with Crippen molar-refractivity contribution in [3.63, 3.8) is 0 Å². The minimum Gasteiger partial charge on any atom is -0.455 e. The van der Waals surface area contributed by atoms with Crippen LogP contribution in [0.1, 0.15) is 88.9 Å². The van der Waals surface area contributed by atoms with Crippen LogP contribution in [0.4, 0.5) is 17.1 Å². The van der Waals surface area contributed by atoms with Crippen molar-refractivity contribution in [2.45, 2.75) is 89.6 Å². The standard InChI is InChI=1S/C46H57N7O7S/c1-45(2)14-12-31(37(23-45)38-24-46(3)25-39(38)46)28-51-16-18-52(19-17-51)32-6-10-36(42(21-32)60-34-20-30-13-15-47-43(30)49-27-34)44(55)50-61(58,59)35-9-11-40(41(22-35)53(56)57)48-26-29-4-7-33(54)8-5-29/h6,9-11,13,15,20-22,27,29,33,38-39,48,54H,4-5,7-8,12,14,16-19,23-26,28H2,1-3H3,(H,47,49)(H,50,55)/t29?,33?,38-,39?,46?/m0/s1. The lowest BCUT2D eigenvalue weighted by Gasteiger charge is -2.44. The third-order valence-electron chi connectivity index (χ3n) is 14.3. The van der Waals surface area contributed by atoms with Gasteiger partial charge < -0.3 is 25.0 Å². The summed E-state index contributed by atoms with van der Waals surface area (Å²) >= 11 is 0. The van der Waals surface area contributed by atoms with Crippen LogP contribution in [-0.4, -0.2) is 84.6 Å². The Bertz CT molecular complexity index is 2490. The number of aromatic amines is 1. The van der Waals surface area contributed by atoms with E-state index in [0.29, 0.717) is 41.6 Å². The Balaban J connectivity index is 0.914. The van der Waals surface area contributed by atoms with Gasteiger partial charge in [0.15, 0.2) is 0 Å². The van der Waals surface area contributed by atoms with Gasteiger partial charge in [0.05, 0.1) is 27.7 Å². The summed E-state index contributed by atoms with van der Waals surface area (Å²) in [6, 6.07) is 12.3. The van der Waals surface area contributed by atoms with Gasteiger partial charge >= 0.3 is 0 Å². The van der Waals surface area contributed by atoms with Crippen LogP contribution < -0.4 is 19.7 Å². The molecule has 1 aliphatic heterocycles. The second-order valence-electron chi connectivity index (χ2n) is 19.3. The number of sulfonamides is 1. The maximum absolute atomic E-state index is 13.9. The fourth-order valence-electron chi connectivity index (χ4n) is 10.4. The fraction of sp³-hybridized carbons (Fsp3) is 0.522. The monoisotopic (exact) mass is 851 g/mol. The van der Waals surface area contributed by atoms with Crippen LogP contribution in [0, 0.1) is 38.7 Å². The normalized spacial score (nSPS) is 26.3. The van der Waals surface area contributed by atoms with E-state index in [2.05, 4.69) is 50.6 Å². The maximum atomic E-state index is 13.9. The number of allylic oxidation sites excluding steroid dienone is 1. The summed E-state index contributed by atoms with van der Waals surface area (Å²) in [5.41, 5.74) is 5.64. The average molecular weight is 852 g/mol. The molecule has 3 heterocycles. The van der Waals surface area contributed by atoms with Crippen molar-refractivity contribution in [3.05, 3.63) is 87.7 Å². The highest BCUT2D eigenvalue weighted by Gasteiger charge is 2.64. The van der Waals surface area contributed by atoms with Crippen molar-refractivity contribution < 1.29 is 28.0 Å². The second-order valence-corrected chi connectivity index (χ2v) is 21.0. The Morgan fingerprint density at radius 3 is 2.54 bits per heavy atom. The summed E-state index contributed by atoms with van der Waals surface area (Å²) < 4.78 is 35.8. The molecule has 4 aliphatic carbocycles. The van der Waals surface area contributed by atoms with E-state index in [1.165, 1.54) is 50.4 Å². The molecular formula is C46H57N7O7S. The summed E-state index contributed by atoms with van der Waals surface area (Å²) in [6.45, 7) is 12.1. The third kappa shape index (κ3) is 8.74. The number of nitro groups is 1. The number of fused-ring (bicyclic) bond motifs is 2. The highest BCUT2D eigenvalue weighted by atomic mass is 32.2. The number of nitrogens with zero attached hydrogens (tertiary/aromatic N) is 4. The Labute approximate surface area is 357 Å². The molecule has 5 aliphatic rings. The van der Waals surface area contributed by atoms with Crippen molar-refractivity contribution in [2.24, 2.45) is 28.6 Å². The largest absolute Gasteiger partial charge is 0.455 e. The zero-order chi connectivity index (χ0) is 42.7. The van der Waals surface area contributed by atoms with Gasteiger partial charge in [-0.3, -0.25) is 19.8 Å². The molecule has 4 fully saturated rings. The summed E-state index contributed by atoms with van der Waals surface area (Å²) in [6.07, 6.45) is 12.3. The van der Waals surface area contributed by atoms with E-state index < -0.39 is 31.4 Å². The quantitative estimate of drug-likeness (QED) is 0.0581. The number of carbonyl (C=O) groups is 1. The van der Waals surface area contributed by atoms with E-state index in [1.807, 2.05) is 12.1 Å². The van der Waals surface area contributed by atoms with Gasteiger partial charge in [-0.05, 0) is 123 Å². The number of rotatable bonds is 13. The number of carbonyl (C=O) groups excluding carboxylic acids is 1. The third-order valence-corrected chi connectivity index (χ3v) is 15.7. The van der Waals surface area contributed by atoms with E-state index in [1.54, 1.807) is 35.5 Å². The highest BCUT2D eigenvalue weighted by molar-refractivity contribution is 7.90. The first-order chi connectivity index (χ1) is 29.1. The molecule has 61 heavy (non-hydrogen) atoms. The summed E-state index contributed by atoms with van der Waals surface area (Å²) in [5, 5.41) is 25.8. The zero-order valence-corrected chi connectivity index (χ0v) is 36.1. The SMILES string of the molecule is CC1(C)CCC(CN2CCN(c3ccc(C(=O)NS(=O)(=O)c4ccc(NCC5CCC(O)CC5)c([N+](=O)[O-])c4)c(Oc4cnc5[nH]ccc5c4)c3)CC2)=C([C@@H]2CC3(C)CC23)C1. The summed E-state index contributed by atoms with van der Waals surface area (Å²) in [5.74, 6) is 1.46. The number of hydrogen-bond donors (Lipinski definition) is 4. The van der Waals surface area contributed by atoms with Gasteiger partial charge in [-0.2, -0.15) is 0 Å². The Hall–Kier alpha value is -4.99. The number of aromatic nitrogens is 2. The van der Waals surface area contributed by atoms with Crippen LogP contribution in [0.15, 0.2) is 77.0 Å². The molecule has 1 amide bonds. The highest BCUT2D eigenvalue weighted by Crippen LogP contribution is 2.73. The number of ether oxygens (including phenoxy) is 1. The van der Waals surface area contributed by atoms with Gasteiger partial charge in [0.1, 0.15) is 22.8 Å². The number of amides is 1. The topological polar surface area (TPSA) is 183 Å². The molecular weight excluding hydrogens is 795 g/mol. The van der Waals surface area contributed by atoms with E-state index in [4.69, 9.17) is 4.74 Å². The van der Waals surface area contributed by atoms with Crippen molar-refractivity contribution in [1.82, 2.24) is 19.6 Å². The van der Waals surface area contributed by atoms with Gasteiger partial charge in [0, 0.05) is 68.7 Å². The number of anilines is 2. The molecule has 2 aromatic heterocycles. The van der Waals surface area contributed by atoms with Crippen molar-refractivity contribution >= 4 is 44.0 Å². The summed E-state index contributed by atoms with van der Waals surface area (Å²) in [4.78, 5) is 37.3. The number of aliphatic hydroxyl groups excluding tert-OH is 1. The van der Waals surface area contributed by atoms with Crippen LogP contribution in [0.25, 0.3) is 11.0 Å². The second kappa shape index (κ2) is 16.0. The maximum Gasteiger partial charge on any atom is 0.293 e. The predicted octanol–water partition coefficient (Wildman–Crippen LogP) is 8.02. The smallest absolute Gasteiger partial charge is 0.293 e. The van der Waals surface area contributed by atoms with E-state index in [0.717, 1.165) is 74.5 Å². The van der Waals surface area contributed by atoms with E-state index in [9.17, 15) is 28.4 Å². The lowest BCUT2D eigenvalue weighted by molar-refractivity contribution is -0.384. The van der Waals surface area contributed by atoms with E-state index >= 15 is 0 Å². The molecule has 4 aromatic rings. The van der Waals surface area contributed by atoms with Crippen molar-refractivity contribution in [2.75, 3.05) is 49.5 Å². The molecule has 0 bridgehead atoms. The molecule has 0 spiro atoms. The minimum absolute atomic E-state index is 0.0204. The predicted molar refractivity (Wildman–Crippen MR) is 234 cm³/mol. The molecule has 3 saturated carbocycles. The molecule has 3 atom stereocenters. The number of pyridine rings is 1. The van der Waals surface area contributed by atoms with E-state index in [-0.39, 0.29) is 29.0 Å². The van der Waals surface area contributed by atoms with Crippen LogP contribution in [0.2, 0.25) is 0 Å². The molecule has 324 valence electrons. The number of aliphatic hydroxyl groups is 1. The fourth-order valence-corrected chi connectivity index (χ4v) is 11.4. The first-order valence-corrected chi connectivity index (χ1v) is 23.3. The first-order valence-electron chi connectivity index (χ1n) is 21.8. The molecule has 0 radical (unpaired) electrons. The van der Waals surface area contributed by atoms with Gasteiger partial charge in [0.2, 0.25) is 0 Å². The van der Waals surface area contributed by atoms with Crippen LogP contribution in [0.3, 0.4) is 0 Å². The Kier molecular flexibility index (Phi) is 10.9.